The monoisotopic (exact) mass is 262 g/mol. The number of benzene rings is 1. The summed E-state index contributed by atoms with van der Waals surface area (Å²) in [5.41, 5.74) is 8.24. The summed E-state index contributed by atoms with van der Waals surface area (Å²) in [5, 5.41) is 10.1. The second-order valence-electron chi connectivity index (χ2n) is 6.25. The molecule has 0 amide bonds. The smallest absolute Gasteiger partial charge is 0.0644 e. The van der Waals surface area contributed by atoms with Crippen molar-refractivity contribution in [3.8, 4) is 0 Å². The molecule has 1 aliphatic rings. The predicted octanol–water partition coefficient (Wildman–Crippen LogP) is 2.23. The van der Waals surface area contributed by atoms with E-state index in [9.17, 15) is 5.11 Å². The number of hydrogen-bond acceptors (Lipinski definition) is 3. The van der Waals surface area contributed by atoms with Crippen molar-refractivity contribution in [2.75, 3.05) is 13.1 Å². The van der Waals surface area contributed by atoms with Gasteiger partial charge in [-0.2, -0.15) is 0 Å². The van der Waals surface area contributed by atoms with Crippen molar-refractivity contribution in [2.24, 2.45) is 5.73 Å². The molecular formula is C16H26N2O. The number of piperidine rings is 1. The maximum Gasteiger partial charge on any atom is 0.0644 e. The number of nitrogens with zero attached hydrogens (tertiary/aromatic N) is 1. The first-order valence-corrected chi connectivity index (χ1v) is 7.18. The number of nitrogens with two attached hydrogens (primary N) is 1. The van der Waals surface area contributed by atoms with Crippen LogP contribution in [0.2, 0.25) is 0 Å². The molecule has 0 bridgehead atoms. The minimum atomic E-state index is -0.508. The molecule has 1 aromatic carbocycles. The van der Waals surface area contributed by atoms with Crippen molar-refractivity contribution in [1.82, 2.24) is 4.90 Å². The summed E-state index contributed by atoms with van der Waals surface area (Å²) >= 11 is 0. The molecule has 1 fully saturated rings. The Kier molecular flexibility index (Phi) is 4.29. The van der Waals surface area contributed by atoms with Crippen LogP contribution in [0.1, 0.15) is 43.9 Å². The Bertz CT molecular complexity index is 401. The summed E-state index contributed by atoms with van der Waals surface area (Å²) in [4.78, 5) is 2.41. The third kappa shape index (κ3) is 3.56. The summed E-state index contributed by atoms with van der Waals surface area (Å²) in [6, 6.07) is 8.98. The lowest BCUT2D eigenvalue weighted by molar-refractivity contribution is -0.0194. The van der Waals surface area contributed by atoms with Crippen LogP contribution in [0.4, 0.5) is 0 Å². The molecule has 3 heteroatoms. The Morgan fingerprint density at radius 1 is 1.21 bits per heavy atom. The van der Waals surface area contributed by atoms with Crippen LogP contribution in [0, 0.1) is 6.92 Å². The summed E-state index contributed by atoms with van der Waals surface area (Å²) in [5.74, 6) is 0. The highest BCUT2D eigenvalue weighted by Gasteiger charge is 2.32. The normalized spacial score (nSPS) is 23.0. The van der Waals surface area contributed by atoms with Gasteiger partial charge in [0.05, 0.1) is 5.60 Å². The molecule has 1 saturated heterocycles. The lowest BCUT2D eigenvalue weighted by Gasteiger charge is -2.41. The number of aliphatic hydroxyl groups is 1. The van der Waals surface area contributed by atoms with Gasteiger partial charge in [-0.1, -0.05) is 29.8 Å². The highest BCUT2D eigenvalue weighted by molar-refractivity contribution is 5.25. The predicted molar refractivity (Wildman–Crippen MR) is 79.0 cm³/mol. The average molecular weight is 262 g/mol. The Morgan fingerprint density at radius 2 is 1.74 bits per heavy atom. The molecule has 0 radical (unpaired) electrons. The van der Waals surface area contributed by atoms with Gasteiger partial charge in [-0.25, -0.2) is 0 Å². The first kappa shape index (κ1) is 14.5. The maximum atomic E-state index is 10.1. The zero-order valence-corrected chi connectivity index (χ0v) is 12.3. The van der Waals surface area contributed by atoms with E-state index in [-0.39, 0.29) is 12.1 Å². The van der Waals surface area contributed by atoms with Crippen LogP contribution in [0.15, 0.2) is 24.3 Å². The van der Waals surface area contributed by atoms with Gasteiger partial charge < -0.3 is 10.8 Å². The third-order valence-electron chi connectivity index (χ3n) is 4.19. The largest absolute Gasteiger partial charge is 0.390 e. The van der Waals surface area contributed by atoms with Crippen molar-refractivity contribution >= 4 is 0 Å². The fourth-order valence-electron chi connectivity index (χ4n) is 2.89. The average Bonchev–Trinajstić information content (AvgIpc) is 2.33. The van der Waals surface area contributed by atoms with Gasteiger partial charge in [-0.15, -0.1) is 0 Å². The van der Waals surface area contributed by atoms with E-state index in [1.54, 1.807) is 0 Å². The molecule has 3 N–H and O–H groups in total. The zero-order chi connectivity index (χ0) is 14.0. The summed E-state index contributed by atoms with van der Waals surface area (Å²) in [7, 11) is 0. The Hall–Kier alpha value is -0.900. The van der Waals surface area contributed by atoms with Gasteiger partial charge in [0.2, 0.25) is 0 Å². The Morgan fingerprint density at radius 3 is 2.21 bits per heavy atom. The molecule has 2 rings (SSSR count). The van der Waals surface area contributed by atoms with Crippen molar-refractivity contribution in [2.45, 2.75) is 51.3 Å². The van der Waals surface area contributed by atoms with Crippen LogP contribution in [-0.2, 0) is 0 Å². The van der Waals surface area contributed by atoms with Gasteiger partial charge in [-0.05, 0) is 39.2 Å². The van der Waals surface area contributed by atoms with Crippen molar-refractivity contribution < 1.29 is 5.11 Å². The molecule has 0 spiro atoms. The van der Waals surface area contributed by atoms with Crippen LogP contribution in [0.5, 0.6) is 0 Å². The fourth-order valence-corrected chi connectivity index (χ4v) is 2.89. The summed E-state index contributed by atoms with van der Waals surface area (Å²) < 4.78 is 0. The molecule has 1 aromatic rings. The molecule has 19 heavy (non-hydrogen) atoms. The topological polar surface area (TPSA) is 49.5 Å². The second kappa shape index (κ2) is 5.61. The van der Waals surface area contributed by atoms with E-state index >= 15 is 0 Å². The van der Waals surface area contributed by atoms with Crippen molar-refractivity contribution in [3.05, 3.63) is 35.4 Å². The van der Waals surface area contributed by atoms with Crippen LogP contribution < -0.4 is 5.73 Å². The first-order valence-electron chi connectivity index (χ1n) is 7.18. The van der Waals surface area contributed by atoms with Crippen molar-refractivity contribution in [3.63, 3.8) is 0 Å². The minimum Gasteiger partial charge on any atom is -0.390 e. The summed E-state index contributed by atoms with van der Waals surface area (Å²) in [6.07, 6.45) is 1.64. The van der Waals surface area contributed by atoms with E-state index in [1.165, 1.54) is 11.1 Å². The lowest BCUT2D eigenvalue weighted by atomic mass is 9.90. The van der Waals surface area contributed by atoms with Gasteiger partial charge in [0, 0.05) is 25.2 Å². The third-order valence-corrected chi connectivity index (χ3v) is 4.19. The number of likely N-dealkylation sites (tertiary alicyclic amines) is 1. The molecule has 0 aliphatic carbocycles. The summed E-state index contributed by atoms with van der Waals surface area (Å²) in [6.45, 7) is 7.91. The molecule has 2 unspecified atom stereocenters. The van der Waals surface area contributed by atoms with Crippen LogP contribution in [0.25, 0.3) is 0 Å². The van der Waals surface area contributed by atoms with Crippen LogP contribution in [-0.4, -0.2) is 34.7 Å². The maximum absolute atomic E-state index is 10.1. The molecule has 3 nitrogen and oxygen atoms in total. The van der Waals surface area contributed by atoms with Crippen molar-refractivity contribution in [1.29, 1.82) is 0 Å². The first-order chi connectivity index (χ1) is 8.89. The van der Waals surface area contributed by atoms with Gasteiger partial charge in [-0.3, -0.25) is 4.90 Å². The van der Waals surface area contributed by atoms with E-state index < -0.39 is 5.60 Å². The molecule has 106 valence electrons. The van der Waals surface area contributed by atoms with E-state index in [2.05, 4.69) is 43.0 Å². The van der Waals surface area contributed by atoms with Gasteiger partial charge in [0.1, 0.15) is 0 Å². The highest BCUT2D eigenvalue weighted by atomic mass is 16.3. The molecule has 0 aromatic heterocycles. The second-order valence-corrected chi connectivity index (χ2v) is 6.25. The number of hydrogen-bond donors (Lipinski definition) is 2. The van der Waals surface area contributed by atoms with Crippen LogP contribution >= 0.6 is 0 Å². The fraction of sp³-hybridized carbons (Fsp3) is 0.625. The SMILES string of the molecule is Cc1ccc(C(C(C)N)N2CCC(C)(O)CC2)cc1. The van der Waals surface area contributed by atoms with E-state index in [4.69, 9.17) is 5.73 Å². The molecule has 2 atom stereocenters. The van der Waals surface area contributed by atoms with Crippen LogP contribution in [0.3, 0.4) is 0 Å². The standard InChI is InChI=1S/C16H26N2O/c1-12-4-6-14(7-5-12)15(13(2)17)18-10-8-16(3,19)9-11-18/h4-7,13,15,19H,8-11,17H2,1-3H3. The minimum absolute atomic E-state index is 0.0887. The Labute approximate surface area is 116 Å². The van der Waals surface area contributed by atoms with Gasteiger partial charge >= 0.3 is 0 Å². The lowest BCUT2D eigenvalue weighted by Crippen LogP contribution is -2.48. The molecule has 0 saturated carbocycles. The molecular weight excluding hydrogens is 236 g/mol. The highest BCUT2D eigenvalue weighted by Crippen LogP contribution is 2.30. The number of aryl methyl sites for hydroxylation is 1. The van der Waals surface area contributed by atoms with E-state index in [0.29, 0.717) is 0 Å². The number of rotatable bonds is 3. The van der Waals surface area contributed by atoms with Gasteiger partial charge in [0.25, 0.3) is 0 Å². The van der Waals surface area contributed by atoms with E-state index in [0.717, 1.165) is 25.9 Å². The molecule has 1 aliphatic heterocycles. The zero-order valence-electron chi connectivity index (χ0n) is 12.3. The van der Waals surface area contributed by atoms with E-state index in [1.807, 2.05) is 6.92 Å². The molecule has 1 heterocycles. The quantitative estimate of drug-likeness (QED) is 0.878. The Balaban J connectivity index is 2.15. The van der Waals surface area contributed by atoms with Gasteiger partial charge in [0.15, 0.2) is 0 Å².